The third-order valence-electron chi connectivity index (χ3n) is 6.41. The first kappa shape index (κ1) is 19.3. The average Bonchev–Trinajstić information content (AvgIpc) is 2.59. The van der Waals surface area contributed by atoms with Crippen LogP contribution in [0.15, 0.2) is 12.7 Å². The summed E-state index contributed by atoms with van der Waals surface area (Å²) in [6.45, 7) is 9.45. The molecule has 4 rings (SSSR count). The van der Waals surface area contributed by atoms with Crippen molar-refractivity contribution in [2.75, 3.05) is 19.0 Å². The van der Waals surface area contributed by atoms with Crippen LogP contribution in [0.5, 0.6) is 0 Å². The van der Waals surface area contributed by atoms with Gasteiger partial charge in [0.15, 0.2) is 0 Å². The monoisotopic (exact) mass is 366 g/mol. The van der Waals surface area contributed by atoms with Crippen molar-refractivity contribution in [2.45, 2.75) is 70.7 Å². The second-order valence-electron chi connectivity index (χ2n) is 8.79. The van der Waals surface area contributed by atoms with Crippen LogP contribution in [0.2, 0.25) is 0 Å². The van der Waals surface area contributed by atoms with E-state index in [4.69, 9.17) is 9.47 Å². The molecule has 4 heteroatoms. The van der Waals surface area contributed by atoms with Gasteiger partial charge in [-0.05, 0) is 74.4 Å². The van der Waals surface area contributed by atoms with E-state index in [0.29, 0.717) is 17.5 Å². The van der Waals surface area contributed by atoms with Crippen molar-refractivity contribution in [3.63, 3.8) is 0 Å². The van der Waals surface area contributed by atoms with Crippen LogP contribution in [0.4, 0.5) is 0 Å². The molecule has 0 radical (unpaired) electrons. The van der Waals surface area contributed by atoms with Crippen molar-refractivity contribution in [1.29, 1.82) is 0 Å². The molecule has 3 atom stereocenters. The number of esters is 1. The van der Waals surface area contributed by atoms with Gasteiger partial charge in [-0.15, -0.1) is 11.8 Å². The third kappa shape index (κ3) is 4.44. The number of carbonyl (C=O) groups is 1. The van der Waals surface area contributed by atoms with Gasteiger partial charge in [-0.25, -0.2) is 4.79 Å². The van der Waals surface area contributed by atoms with E-state index in [1.165, 1.54) is 56.8 Å². The van der Waals surface area contributed by atoms with Crippen molar-refractivity contribution in [2.24, 2.45) is 22.7 Å². The molecule has 4 fully saturated rings. The minimum atomic E-state index is -0.275. The Morgan fingerprint density at radius 2 is 1.84 bits per heavy atom. The topological polar surface area (TPSA) is 35.5 Å². The van der Waals surface area contributed by atoms with Crippen LogP contribution in [0.1, 0.15) is 65.2 Å². The zero-order chi connectivity index (χ0) is 17.9. The van der Waals surface area contributed by atoms with Crippen molar-refractivity contribution in [3.05, 3.63) is 12.7 Å². The highest BCUT2D eigenvalue weighted by Crippen LogP contribution is 2.65. The van der Waals surface area contributed by atoms with E-state index in [0.717, 1.165) is 24.9 Å². The van der Waals surface area contributed by atoms with Crippen LogP contribution >= 0.6 is 11.8 Å². The van der Waals surface area contributed by atoms with Gasteiger partial charge in [0, 0.05) is 11.5 Å². The first-order valence-electron chi connectivity index (χ1n) is 10.0. The zero-order valence-corrected chi connectivity index (χ0v) is 16.7. The molecule has 0 aromatic heterocycles. The fraction of sp³-hybridized carbons (Fsp3) is 0.857. The molecule has 0 amide bonds. The number of hydrogen-bond donors (Lipinski definition) is 0. The SMILES string of the molecule is C=CC(=O)OCC12CC3CC(C1)CC(COC(CC)SCCC)(C3)C2. The molecule has 4 aliphatic carbocycles. The van der Waals surface area contributed by atoms with Gasteiger partial charge in [0.1, 0.15) is 5.44 Å². The van der Waals surface area contributed by atoms with Gasteiger partial charge in [-0.2, -0.15) is 0 Å². The van der Waals surface area contributed by atoms with E-state index >= 15 is 0 Å². The normalized spacial score (nSPS) is 37.0. The van der Waals surface area contributed by atoms with E-state index in [1.807, 2.05) is 11.8 Å². The lowest BCUT2D eigenvalue weighted by molar-refractivity contribution is -0.171. The van der Waals surface area contributed by atoms with Gasteiger partial charge in [-0.1, -0.05) is 20.4 Å². The van der Waals surface area contributed by atoms with Crippen LogP contribution in [0, 0.1) is 22.7 Å². The highest BCUT2D eigenvalue weighted by atomic mass is 32.2. The fourth-order valence-electron chi connectivity index (χ4n) is 6.07. The minimum absolute atomic E-state index is 0.199. The maximum atomic E-state index is 11.6. The van der Waals surface area contributed by atoms with Crippen LogP contribution in [-0.2, 0) is 14.3 Å². The van der Waals surface area contributed by atoms with Crippen molar-refractivity contribution in [1.82, 2.24) is 0 Å². The Hall–Kier alpha value is -0.480. The maximum Gasteiger partial charge on any atom is 0.330 e. The average molecular weight is 367 g/mol. The Balaban J connectivity index is 1.63. The number of ether oxygens (including phenoxy) is 2. The Bertz CT molecular complexity index is 476. The molecule has 0 N–H and O–H groups in total. The highest BCUT2D eigenvalue weighted by molar-refractivity contribution is 7.99. The summed E-state index contributed by atoms with van der Waals surface area (Å²) < 4.78 is 11.9. The fourth-order valence-corrected chi connectivity index (χ4v) is 6.97. The Labute approximate surface area is 157 Å². The third-order valence-corrected chi connectivity index (χ3v) is 7.89. The largest absolute Gasteiger partial charge is 0.462 e. The summed E-state index contributed by atoms with van der Waals surface area (Å²) in [6.07, 6.45) is 11.2. The van der Waals surface area contributed by atoms with E-state index in [1.54, 1.807) is 0 Å². The van der Waals surface area contributed by atoms with Gasteiger partial charge in [-0.3, -0.25) is 0 Å². The lowest BCUT2D eigenvalue weighted by Crippen LogP contribution is -2.55. The zero-order valence-electron chi connectivity index (χ0n) is 15.9. The van der Waals surface area contributed by atoms with Crippen molar-refractivity contribution >= 4 is 17.7 Å². The predicted molar refractivity (Wildman–Crippen MR) is 103 cm³/mol. The smallest absolute Gasteiger partial charge is 0.330 e. The molecule has 0 saturated heterocycles. The Morgan fingerprint density at radius 1 is 1.20 bits per heavy atom. The van der Waals surface area contributed by atoms with Gasteiger partial charge in [0.05, 0.1) is 13.2 Å². The van der Waals surface area contributed by atoms with Crippen LogP contribution in [-0.4, -0.2) is 30.4 Å². The van der Waals surface area contributed by atoms with Crippen LogP contribution in [0.25, 0.3) is 0 Å². The lowest BCUT2D eigenvalue weighted by atomic mass is 9.44. The molecular formula is C21H34O3S. The van der Waals surface area contributed by atoms with Crippen LogP contribution in [0.3, 0.4) is 0 Å². The summed E-state index contributed by atoms with van der Waals surface area (Å²) in [7, 11) is 0. The molecule has 0 heterocycles. The standard InChI is InChI=1S/C21H34O3S/c1-4-7-25-19(6-3)24-15-21-11-16-8-17(12-21)10-20(9-16,13-21)14-23-18(22)5-2/h5,16-17,19H,2,4,6-15H2,1,3H3. The van der Waals surface area contributed by atoms with Gasteiger partial charge >= 0.3 is 5.97 Å². The second kappa shape index (κ2) is 8.04. The molecule has 0 aliphatic heterocycles. The number of rotatable bonds is 10. The lowest BCUT2D eigenvalue weighted by Gasteiger charge is -2.62. The molecule has 0 spiro atoms. The van der Waals surface area contributed by atoms with Gasteiger partial charge in [0.2, 0.25) is 0 Å². The molecule has 4 saturated carbocycles. The minimum Gasteiger partial charge on any atom is -0.462 e. The van der Waals surface area contributed by atoms with E-state index in [2.05, 4.69) is 20.4 Å². The van der Waals surface area contributed by atoms with E-state index in [9.17, 15) is 4.79 Å². The van der Waals surface area contributed by atoms with E-state index in [-0.39, 0.29) is 11.4 Å². The van der Waals surface area contributed by atoms with Crippen molar-refractivity contribution in [3.8, 4) is 0 Å². The molecule has 142 valence electrons. The first-order chi connectivity index (χ1) is 12.0. The predicted octanol–water partition coefficient (Wildman–Crippen LogP) is 5.20. The Morgan fingerprint density at radius 3 is 2.40 bits per heavy atom. The summed E-state index contributed by atoms with van der Waals surface area (Å²) in [5.74, 6) is 2.51. The Kier molecular flexibility index (Phi) is 6.20. The van der Waals surface area contributed by atoms with Crippen molar-refractivity contribution < 1.29 is 14.3 Å². The molecule has 25 heavy (non-hydrogen) atoms. The molecule has 0 aromatic rings. The maximum absolute atomic E-state index is 11.6. The summed E-state index contributed by atoms with van der Waals surface area (Å²) in [4.78, 5) is 11.6. The molecule has 4 bridgehead atoms. The number of thioether (sulfide) groups is 1. The highest BCUT2D eigenvalue weighted by Gasteiger charge is 2.58. The van der Waals surface area contributed by atoms with Gasteiger partial charge < -0.3 is 9.47 Å². The molecule has 4 aliphatic rings. The van der Waals surface area contributed by atoms with Crippen LogP contribution < -0.4 is 0 Å². The van der Waals surface area contributed by atoms with Gasteiger partial charge in [0.25, 0.3) is 0 Å². The van der Waals surface area contributed by atoms with E-state index < -0.39 is 0 Å². The summed E-state index contributed by atoms with van der Waals surface area (Å²) >= 11 is 1.96. The first-order valence-corrected chi connectivity index (χ1v) is 11.1. The second-order valence-corrected chi connectivity index (χ2v) is 10.1. The number of hydrogen-bond acceptors (Lipinski definition) is 4. The quantitative estimate of drug-likeness (QED) is 0.302. The molecule has 0 aromatic carbocycles. The summed E-state index contributed by atoms with van der Waals surface area (Å²) in [5, 5.41) is 0. The number of carbonyl (C=O) groups excluding carboxylic acids is 1. The molecule has 3 nitrogen and oxygen atoms in total. The summed E-state index contributed by atoms with van der Waals surface area (Å²) in [6, 6.07) is 0. The molecular weight excluding hydrogens is 332 g/mol. The molecule has 3 unspecified atom stereocenters. The summed E-state index contributed by atoms with van der Waals surface area (Å²) in [5.41, 5.74) is 0.859.